The maximum atomic E-state index is 14.7. The van der Waals surface area contributed by atoms with Gasteiger partial charge in [-0.05, 0) is 36.4 Å². The van der Waals surface area contributed by atoms with Gasteiger partial charge >= 0.3 is 0 Å². The smallest absolute Gasteiger partial charge is 0.253 e. The molecule has 0 saturated carbocycles. The number of benzene rings is 1. The zero-order valence-corrected chi connectivity index (χ0v) is 18.9. The second kappa shape index (κ2) is 10.0. The highest BCUT2D eigenvalue weighted by Crippen LogP contribution is 2.26. The molecule has 2 aliphatic heterocycles. The largest absolute Gasteiger partial charge is 0.391 e. The molecular formula is C22H21ClFN3O5S. The number of halogens is 2. The third kappa shape index (κ3) is 5.41. The van der Waals surface area contributed by atoms with E-state index < -0.39 is 29.8 Å². The molecule has 0 aliphatic carbocycles. The number of carbonyl (C=O) groups excluding carboxylic acids is 3. The number of nitrogens with one attached hydrogen (secondary N) is 1. The number of nitrogens with zero attached hydrogens (tertiary/aromatic N) is 2. The van der Waals surface area contributed by atoms with Crippen molar-refractivity contribution in [3.05, 3.63) is 51.4 Å². The number of likely N-dealkylation sites (tertiary alicyclic amines) is 1. The van der Waals surface area contributed by atoms with E-state index >= 15 is 0 Å². The number of thiophene rings is 1. The molecule has 0 radical (unpaired) electrons. The number of ether oxygens (including phenoxy) is 1. The zero-order chi connectivity index (χ0) is 23.5. The lowest BCUT2D eigenvalue weighted by Gasteiger charge is -2.27. The van der Waals surface area contributed by atoms with E-state index in [0.717, 1.165) is 4.88 Å². The number of β-amino-alcohol motifs (C(OH)–C–C–N with tert-alkyl or cyclic N) is 1. The molecule has 1 aromatic heterocycles. The van der Waals surface area contributed by atoms with Crippen molar-refractivity contribution in [2.24, 2.45) is 0 Å². The van der Waals surface area contributed by atoms with E-state index in [1.54, 1.807) is 18.2 Å². The van der Waals surface area contributed by atoms with Gasteiger partial charge in [-0.1, -0.05) is 11.6 Å². The monoisotopic (exact) mass is 493 g/mol. The third-order valence-electron chi connectivity index (χ3n) is 5.36. The summed E-state index contributed by atoms with van der Waals surface area (Å²) in [7, 11) is 0. The fourth-order valence-corrected chi connectivity index (χ4v) is 4.72. The number of hydrogen-bond acceptors (Lipinski definition) is 6. The van der Waals surface area contributed by atoms with Gasteiger partial charge in [0.05, 0.1) is 22.7 Å². The number of hydrogen-bond donors (Lipinski definition) is 2. The van der Waals surface area contributed by atoms with Crippen LogP contribution >= 0.6 is 22.9 Å². The lowest BCUT2D eigenvalue weighted by molar-refractivity contribution is -0.132. The van der Waals surface area contributed by atoms with Gasteiger partial charge in [-0.15, -0.1) is 11.3 Å². The highest BCUT2D eigenvalue weighted by Gasteiger charge is 2.38. The minimum atomic E-state index is -0.955. The van der Waals surface area contributed by atoms with Gasteiger partial charge in [-0.25, -0.2) is 4.39 Å². The summed E-state index contributed by atoms with van der Waals surface area (Å²) in [6.07, 6.45) is 2.07. The average molecular weight is 494 g/mol. The molecule has 1 aromatic carbocycles. The molecule has 2 N–H and O–H groups in total. The van der Waals surface area contributed by atoms with Gasteiger partial charge in [0.15, 0.2) is 0 Å². The predicted molar refractivity (Wildman–Crippen MR) is 123 cm³/mol. The van der Waals surface area contributed by atoms with Crippen molar-refractivity contribution in [1.29, 1.82) is 0 Å². The summed E-state index contributed by atoms with van der Waals surface area (Å²) in [6.45, 7) is 0.592. The van der Waals surface area contributed by atoms with E-state index in [4.69, 9.17) is 16.3 Å². The summed E-state index contributed by atoms with van der Waals surface area (Å²) >= 11 is 7.19. The lowest BCUT2D eigenvalue weighted by Crippen LogP contribution is -2.42. The van der Waals surface area contributed by atoms with Crippen LogP contribution in [0.25, 0.3) is 6.08 Å². The minimum Gasteiger partial charge on any atom is -0.391 e. The van der Waals surface area contributed by atoms with Crippen LogP contribution in [0.1, 0.15) is 11.3 Å². The molecule has 2 saturated heterocycles. The zero-order valence-electron chi connectivity index (χ0n) is 17.4. The van der Waals surface area contributed by atoms with Gasteiger partial charge in [0.2, 0.25) is 11.8 Å². The van der Waals surface area contributed by atoms with Crippen molar-refractivity contribution in [3.8, 4) is 0 Å². The Morgan fingerprint density at radius 2 is 2.12 bits per heavy atom. The van der Waals surface area contributed by atoms with Gasteiger partial charge in [0.1, 0.15) is 18.5 Å². The van der Waals surface area contributed by atoms with Gasteiger partial charge in [-0.3, -0.25) is 14.4 Å². The molecule has 11 heteroatoms. The summed E-state index contributed by atoms with van der Waals surface area (Å²) in [5.41, 5.74) is 0.285. The Morgan fingerprint density at radius 3 is 2.82 bits per heavy atom. The Morgan fingerprint density at radius 1 is 1.30 bits per heavy atom. The Kier molecular flexibility index (Phi) is 7.08. The Bertz CT molecular complexity index is 1110. The summed E-state index contributed by atoms with van der Waals surface area (Å²) in [5.74, 6) is -2.05. The van der Waals surface area contributed by atoms with E-state index in [9.17, 15) is 23.9 Å². The first-order valence-corrected chi connectivity index (χ1v) is 11.4. The summed E-state index contributed by atoms with van der Waals surface area (Å²) in [5, 5.41) is 12.5. The number of anilines is 2. The Hall–Kier alpha value is -2.79. The second-order valence-electron chi connectivity index (χ2n) is 7.62. The molecule has 0 unspecified atom stereocenters. The van der Waals surface area contributed by atoms with Crippen molar-refractivity contribution in [1.82, 2.24) is 4.90 Å². The first-order valence-electron chi connectivity index (χ1n) is 10.2. The minimum absolute atomic E-state index is 0.00693. The lowest BCUT2D eigenvalue weighted by atomic mass is 10.1. The van der Waals surface area contributed by atoms with Crippen molar-refractivity contribution in [2.75, 3.05) is 36.5 Å². The topological polar surface area (TPSA) is 99.2 Å². The van der Waals surface area contributed by atoms with E-state index in [1.165, 1.54) is 45.4 Å². The molecule has 4 rings (SSSR count). The fraction of sp³-hybridized carbons (Fsp3) is 0.318. The molecule has 0 spiro atoms. The van der Waals surface area contributed by atoms with E-state index in [-0.39, 0.29) is 31.2 Å². The molecule has 3 heterocycles. The van der Waals surface area contributed by atoms with Gasteiger partial charge in [0, 0.05) is 36.2 Å². The third-order valence-corrected chi connectivity index (χ3v) is 6.55. The standard InChI is InChI=1S/C22H21ClFN3O5S/c23-19-5-2-15(33-19)3-6-20(29)27-11-14(28)10-18(27)22(31)25-17-4-1-13(9-16(17)24)26-7-8-32-12-21(26)30/h1-6,9,14,18,28H,7-8,10-12H2,(H,25,31)/b6-3+/t14-,18-/m1/s1. The highest BCUT2D eigenvalue weighted by molar-refractivity contribution is 7.17. The number of amides is 3. The first kappa shape index (κ1) is 23.4. The van der Waals surface area contributed by atoms with Crippen LogP contribution in [-0.4, -0.2) is 66.2 Å². The van der Waals surface area contributed by atoms with Crippen LogP contribution in [-0.2, 0) is 19.1 Å². The van der Waals surface area contributed by atoms with E-state index in [0.29, 0.717) is 23.2 Å². The number of aliphatic hydroxyl groups is 1. The van der Waals surface area contributed by atoms with E-state index in [2.05, 4.69) is 5.32 Å². The molecule has 174 valence electrons. The van der Waals surface area contributed by atoms with Crippen LogP contribution in [0, 0.1) is 5.82 Å². The number of carbonyl (C=O) groups is 3. The number of aliphatic hydroxyl groups excluding tert-OH is 1. The number of morpholine rings is 1. The summed E-state index contributed by atoms with van der Waals surface area (Å²) in [4.78, 5) is 40.9. The maximum Gasteiger partial charge on any atom is 0.253 e. The Balaban J connectivity index is 1.44. The van der Waals surface area contributed by atoms with Crippen LogP contribution < -0.4 is 10.2 Å². The molecule has 8 nitrogen and oxygen atoms in total. The molecule has 3 amide bonds. The van der Waals surface area contributed by atoms with Crippen LogP contribution in [0.3, 0.4) is 0 Å². The molecule has 2 fully saturated rings. The molecule has 33 heavy (non-hydrogen) atoms. The summed E-state index contributed by atoms with van der Waals surface area (Å²) in [6, 6.07) is 6.58. The highest BCUT2D eigenvalue weighted by atomic mass is 35.5. The molecular weight excluding hydrogens is 473 g/mol. The van der Waals surface area contributed by atoms with Crippen LogP contribution in [0.15, 0.2) is 36.4 Å². The average Bonchev–Trinajstić information content (AvgIpc) is 3.39. The SMILES string of the molecule is O=C(Nc1ccc(N2CCOCC2=O)cc1F)[C@H]1C[C@@H](O)CN1C(=O)/C=C/c1ccc(Cl)s1. The van der Waals surface area contributed by atoms with Crippen LogP contribution in [0.4, 0.5) is 15.8 Å². The molecule has 0 bridgehead atoms. The van der Waals surface area contributed by atoms with Gasteiger partial charge in [0.25, 0.3) is 5.91 Å². The van der Waals surface area contributed by atoms with Crippen LogP contribution in [0.2, 0.25) is 4.34 Å². The van der Waals surface area contributed by atoms with Crippen LogP contribution in [0.5, 0.6) is 0 Å². The van der Waals surface area contributed by atoms with E-state index in [1.807, 2.05) is 0 Å². The Labute approximate surface area is 198 Å². The van der Waals surface area contributed by atoms with Crippen molar-refractivity contribution in [3.63, 3.8) is 0 Å². The van der Waals surface area contributed by atoms with Crippen molar-refractivity contribution < 1.29 is 28.6 Å². The van der Waals surface area contributed by atoms with Crippen molar-refractivity contribution in [2.45, 2.75) is 18.6 Å². The molecule has 2 atom stereocenters. The molecule has 2 aliphatic rings. The normalized spacial score (nSPS) is 21.1. The van der Waals surface area contributed by atoms with Gasteiger partial charge < -0.3 is 25.0 Å². The maximum absolute atomic E-state index is 14.7. The number of rotatable bonds is 5. The van der Waals surface area contributed by atoms with Crippen molar-refractivity contribution >= 4 is 58.1 Å². The summed E-state index contributed by atoms with van der Waals surface area (Å²) < 4.78 is 20.3. The predicted octanol–water partition coefficient (Wildman–Crippen LogP) is 2.52. The first-order chi connectivity index (χ1) is 15.8. The van der Waals surface area contributed by atoms with Gasteiger partial charge in [-0.2, -0.15) is 0 Å². The molecule has 2 aromatic rings. The second-order valence-corrected chi connectivity index (χ2v) is 9.37. The quantitative estimate of drug-likeness (QED) is 0.624. The fourth-order valence-electron chi connectivity index (χ4n) is 3.75.